The molecule has 0 aromatic rings. The van der Waals surface area contributed by atoms with Crippen LogP contribution in [0.5, 0.6) is 0 Å². The topological polar surface area (TPSA) is 40.5 Å². The summed E-state index contributed by atoms with van der Waals surface area (Å²) in [5, 5.41) is 18.9. The molecule has 82 valence electrons. The van der Waals surface area contributed by atoms with Gasteiger partial charge in [-0.15, -0.1) is 0 Å². The fraction of sp³-hybridized carbons (Fsp3) is 1.00. The van der Waals surface area contributed by atoms with Gasteiger partial charge in [0.1, 0.15) is 0 Å². The Hall–Kier alpha value is -0.0800. The van der Waals surface area contributed by atoms with E-state index < -0.39 is 6.10 Å². The molecular formula is C12H22O2. The molecule has 2 nitrogen and oxygen atoms in total. The molecule has 2 aliphatic carbocycles. The van der Waals surface area contributed by atoms with Gasteiger partial charge in [0.05, 0.1) is 12.7 Å². The Morgan fingerprint density at radius 3 is 2.36 bits per heavy atom. The molecule has 0 aromatic heterocycles. The van der Waals surface area contributed by atoms with Gasteiger partial charge < -0.3 is 10.2 Å². The average molecular weight is 198 g/mol. The van der Waals surface area contributed by atoms with Gasteiger partial charge in [0.25, 0.3) is 0 Å². The highest BCUT2D eigenvalue weighted by Crippen LogP contribution is 2.68. The van der Waals surface area contributed by atoms with E-state index in [0.717, 1.165) is 12.3 Å². The van der Waals surface area contributed by atoms with E-state index in [1.165, 1.54) is 12.8 Å². The lowest BCUT2D eigenvalue weighted by molar-refractivity contribution is -0.0231. The maximum atomic E-state index is 9.83. The lowest BCUT2D eigenvalue weighted by Crippen LogP contribution is -2.39. The van der Waals surface area contributed by atoms with E-state index in [0.29, 0.717) is 11.3 Å². The van der Waals surface area contributed by atoms with Crippen LogP contribution in [0.15, 0.2) is 0 Å². The number of hydrogen-bond donors (Lipinski definition) is 2. The smallest absolute Gasteiger partial charge is 0.0804 e. The third kappa shape index (κ3) is 1.04. The van der Waals surface area contributed by atoms with Crippen LogP contribution in [0.2, 0.25) is 0 Å². The molecule has 14 heavy (non-hydrogen) atoms. The van der Waals surface area contributed by atoms with Crippen molar-refractivity contribution in [1.82, 2.24) is 0 Å². The number of hydrogen-bond acceptors (Lipinski definition) is 2. The highest BCUT2D eigenvalue weighted by Gasteiger charge is 2.62. The molecule has 0 aromatic carbocycles. The minimum atomic E-state index is -0.510. The van der Waals surface area contributed by atoms with E-state index in [-0.39, 0.29) is 12.0 Å². The van der Waals surface area contributed by atoms with E-state index in [9.17, 15) is 5.11 Å². The minimum Gasteiger partial charge on any atom is -0.394 e. The lowest BCUT2D eigenvalue weighted by atomic mass is 9.65. The third-order valence-corrected chi connectivity index (χ3v) is 5.51. The van der Waals surface area contributed by atoms with Crippen LogP contribution in [0.3, 0.4) is 0 Å². The van der Waals surface area contributed by atoms with Gasteiger partial charge >= 0.3 is 0 Å². The van der Waals surface area contributed by atoms with Crippen molar-refractivity contribution in [2.24, 2.45) is 22.7 Å². The Bertz CT molecular complexity index is 236. The van der Waals surface area contributed by atoms with Crippen molar-refractivity contribution in [3.8, 4) is 0 Å². The number of aliphatic hydroxyl groups excluding tert-OH is 2. The van der Waals surface area contributed by atoms with Crippen LogP contribution in [0.25, 0.3) is 0 Å². The van der Waals surface area contributed by atoms with Gasteiger partial charge in [0.2, 0.25) is 0 Å². The second-order valence-corrected chi connectivity index (χ2v) is 5.97. The summed E-state index contributed by atoms with van der Waals surface area (Å²) in [6.45, 7) is 6.87. The summed E-state index contributed by atoms with van der Waals surface area (Å²) >= 11 is 0. The zero-order chi connectivity index (χ0) is 10.6. The predicted molar refractivity (Wildman–Crippen MR) is 55.8 cm³/mol. The highest BCUT2D eigenvalue weighted by molar-refractivity contribution is 5.11. The van der Waals surface area contributed by atoms with Crippen molar-refractivity contribution >= 4 is 0 Å². The van der Waals surface area contributed by atoms with Gasteiger partial charge in [-0.1, -0.05) is 20.8 Å². The van der Waals surface area contributed by atoms with Crippen molar-refractivity contribution in [2.45, 2.75) is 46.1 Å². The first-order chi connectivity index (χ1) is 6.43. The van der Waals surface area contributed by atoms with Gasteiger partial charge in [-0.05, 0) is 41.9 Å². The highest BCUT2D eigenvalue weighted by atomic mass is 16.3. The molecule has 0 aliphatic heterocycles. The molecule has 0 heterocycles. The quantitative estimate of drug-likeness (QED) is 0.710. The summed E-state index contributed by atoms with van der Waals surface area (Å²) < 4.78 is 0. The number of fused-ring (bicyclic) bond motifs is 2. The summed E-state index contributed by atoms with van der Waals surface area (Å²) in [6.07, 6.45) is 3.11. The molecule has 2 bridgehead atoms. The van der Waals surface area contributed by atoms with E-state index >= 15 is 0 Å². The average Bonchev–Trinajstić information content (AvgIpc) is 2.47. The normalized spacial score (nSPS) is 46.9. The first-order valence-electron chi connectivity index (χ1n) is 5.72. The molecule has 2 heteroatoms. The molecule has 2 aliphatic rings. The van der Waals surface area contributed by atoms with Gasteiger partial charge in [-0.2, -0.15) is 0 Å². The summed E-state index contributed by atoms with van der Waals surface area (Å²) in [4.78, 5) is 0. The molecular weight excluding hydrogens is 176 g/mol. The standard InChI is InChI=1S/C12H22O2/c1-11(2)8-4-5-12(11,3)9(6-8)10(14)7-13/h8-10,13-14H,4-7H2,1-3H3. The van der Waals surface area contributed by atoms with Crippen LogP contribution >= 0.6 is 0 Å². The summed E-state index contributed by atoms with van der Waals surface area (Å²) in [6, 6.07) is 0. The van der Waals surface area contributed by atoms with E-state index in [1.54, 1.807) is 0 Å². The second kappa shape index (κ2) is 2.96. The Morgan fingerprint density at radius 1 is 1.36 bits per heavy atom. The van der Waals surface area contributed by atoms with Crippen LogP contribution in [0.1, 0.15) is 40.0 Å². The molecule has 0 radical (unpaired) electrons. The van der Waals surface area contributed by atoms with Crippen LogP contribution in [0, 0.1) is 22.7 Å². The van der Waals surface area contributed by atoms with Crippen LogP contribution in [0.4, 0.5) is 0 Å². The van der Waals surface area contributed by atoms with Gasteiger partial charge in [0.15, 0.2) is 0 Å². The molecule has 2 N–H and O–H groups in total. The molecule has 2 saturated carbocycles. The molecule has 0 amide bonds. The molecule has 2 rings (SSSR count). The first kappa shape index (κ1) is 10.4. The van der Waals surface area contributed by atoms with E-state index in [1.807, 2.05) is 0 Å². The molecule has 0 saturated heterocycles. The molecule has 4 atom stereocenters. The predicted octanol–water partition coefficient (Wildman–Crippen LogP) is 1.80. The maximum absolute atomic E-state index is 9.83. The Balaban J connectivity index is 2.27. The summed E-state index contributed by atoms with van der Waals surface area (Å²) in [5.41, 5.74) is 0.577. The Labute approximate surface area is 86.3 Å². The maximum Gasteiger partial charge on any atom is 0.0804 e. The number of aliphatic hydroxyl groups is 2. The summed E-state index contributed by atoms with van der Waals surface area (Å²) in [7, 11) is 0. The van der Waals surface area contributed by atoms with Crippen LogP contribution < -0.4 is 0 Å². The second-order valence-electron chi connectivity index (χ2n) is 5.97. The van der Waals surface area contributed by atoms with E-state index in [2.05, 4.69) is 20.8 Å². The van der Waals surface area contributed by atoms with E-state index in [4.69, 9.17) is 5.11 Å². The Kier molecular flexibility index (Phi) is 2.20. The fourth-order valence-electron chi connectivity index (χ4n) is 3.97. The largest absolute Gasteiger partial charge is 0.394 e. The molecule has 4 unspecified atom stereocenters. The van der Waals surface area contributed by atoms with Crippen LogP contribution in [-0.4, -0.2) is 22.9 Å². The van der Waals surface area contributed by atoms with Crippen molar-refractivity contribution in [3.63, 3.8) is 0 Å². The van der Waals surface area contributed by atoms with Crippen molar-refractivity contribution in [2.75, 3.05) is 6.61 Å². The van der Waals surface area contributed by atoms with Crippen LogP contribution in [-0.2, 0) is 0 Å². The Morgan fingerprint density at radius 2 is 2.00 bits per heavy atom. The third-order valence-electron chi connectivity index (χ3n) is 5.51. The van der Waals surface area contributed by atoms with Crippen molar-refractivity contribution < 1.29 is 10.2 Å². The van der Waals surface area contributed by atoms with Gasteiger partial charge in [-0.25, -0.2) is 0 Å². The number of rotatable bonds is 2. The fourth-order valence-corrected chi connectivity index (χ4v) is 3.97. The van der Waals surface area contributed by atoms with Crippen molar-refractivity contribution in [1.29, 1.82) is 0 Å². The SMILES string of the molecule is CC1(C)C2CCC1(C)C(C(O)CO)C2. The monoisotopic (exact) mass is 198 g/mol. The molecule has 0 spiro atoms. The zero-order valence-electron chi connectivity index (χ0n) is 9.45. The van der Waals surface area contributed by atoms with Gasteiger partial charge in [0, 0.05) is 0 Å². The van der Waals surface area contributed by atoms with Gasteiger partial charge in [-0.3, -0.25) is 0 Å². The van der Waals surface area contributed by atoms with Crippen molar-refractivity contribution in [3.05, 3.63) is 0 Å². The zero-order valence-corrected chi connectivity index (χ0v) is 9.45. The minimum absolute atomic E-state index is 0.0803. The molecule has 2 fully saturated rings. The summed E-state index contributed by atoms with van der Waals surface area (Å²) in [5.74, 6) is 1.06. The lowest BCUT2D eigenvalue weighted by Gasteiger charge is -2.40. The first-order valence-corrected chi connectivity index (χ1v) is 5.72.